The average Bonchev–Trinajstić information content (AvgIpc) is 3.23. The van der Waals surface area contributed by atoms with E-state index in [-0.39, 0.29) is 11.9 Å². The van der Waals surface area contributed by atoms with E-state index in [9.17, 15) is 9.18 Å². The van der Waals surface area contributed by atoms with Crippen molar-refractivity contribution in [1.29, 1.82) is 0 Å². The van der Waals surface area contributed by atoms with Gasteiger partial charge in [-0.25, -0.2) is 9.18 Å². The maximum Gasteiger partial charge on any atom is 0.407 e. The number of nitrogens with one attached hydrogen (secondary N) is 2. The summed E-state index contributed by atoms with van der Waals surface area (Å²) < 4.78 is 18.7. The van der Waals surface area contributed by atoms with Gasteiger partial charge in [0.05, 0.1) is 6.61 Å². The highest BCUT2D eigenvalue weighted by atomic mass is 19.1. The zero-order valence-corrected chi connectivity index (χ0v) is 20.9. The highest BCUT2D eigenvalue weighted by molar-refractivity contribution is 5.83. The van der Waals surface area contributed by atoms with Gasteiger partial charge < -0.3 is 15.0 Å². The lowest BCUT2D eigenvalue weighted by Crippen LogP contribution is -2.26. The Morgan fingerprint density at radius 2 is 1.68 bits per heavy atom. The Labute approximate surface area is 205 Å². The van der Waals surface area contributed by atoms with Crippen molar-refractivity contribution in [3.05, 3.63) is 60.1 Å². The molecule has 4 nitrogen and oxygen atoms in total. The van der Waals surface area contributed by atoms with Crippen molar-refractivity contribution in [3.63, 3.8) is 0 Å². The quantitative estimate of drug-likeness (QED) is 0.170. The van der Waals surface area contributed by atoms with Gasteiger partial charge in [0.15, 0.2) is 0 Å². The van der Waals surface area contributed by atoms with E-state index in [1.807, 2.05) is 6.20 Å². The number of allylic oxidation sites excluding steroid dienone is 4. The number of amides is 1. The van der Waals surface area contributed by atoms with Crippen molar-refractivity contribution < 1.29 is 13.9 Å². The molecule has 5 heteroatoms. The number of carbonyl (C=O) groups is 1. The van der Waals surface area contributed by atoms with Crippen LogP contribution in [0.15, 0.2) is 48.7 Å². The molecular weight excluding hydrogens is 427 g/mol. The number of halogens is 1. The van der Waals surface area contributed by atoms with Crippen molar-refractivity contribution in [2.45, 2.75) is 90.4 Å². The maximum absolute atomic E-state index is 13.4. The molecule has 0 atom stereocenters. The van der Waals surface area contributed by atoms with Gasteiger partial charge in [0, 0.05) is 23.6 Å². The molecule has 0 aliphatic carbocycles. The van der Waals surface area contributed by atoms with Gasteiger partial charge in [-0.05, 0) is 68.7 Å². The zero-order valence-electron chi connectivity index (χ0n) is 20.9. The molecule has 2 N–H and O–H groups in total. The van der Waals surface area contributed by atoms with Crippen LogP contribution in [0.3, 0.4) is 0 Å². The number of ether oxygens (including phenoxy) is 1. The largest absolute Gasteiger partial charge is 0.450 e. The van der Waals surface area contributed by atoms with Crippen LogP contribution in [0, 0.1) is 5.82 Å². The minimum atomic E-state index is -0.381. The van der Waals surface area contributed by atoms with Crippen LogP contribution in [-0.2, 0) is 11.2 Å². The Balaban J connectivity index is 1.38. The van der Waals surface area contributed by atoms with Crippen molar-refractivity contribution >= 4 is 17.0 Å². The lowest BCUT2D eigenvalue weighted by atomic mass is 10.1. The summed E-state index contributed by atoms with van der Waals surface area (Å²) >= 11 is 0. The zero-order chi connectivity index (χ0) is 24.3. The van der Waals surface area contributed by atoms with E-state index in [1.165, 1.54) is 69.9 Å². The fourth-order valence-corrected chi connectivity index (χ4v) is 3.96. The molecule has 0 radical (unpaired) electrons. The Bertz CT molecular complexity index is 872. The topological polar surface area (TPSA) is 54.1 Å². The Morgan fingerprint density at radius 1 is 0.971 bits per heavy atom. The first kappa shape index (κ1) is 27.7. The molecule has 1 heterocycles. The molecule has 0 bridgehead atoms. The summed E-state index contributed by atoms with van der Waals surface area (Å²) in [5, 5.41) is 3.63. The predicted octanol–water partition coefficient (Wildman–Crippen LogP) is 8.39. The Morgan fingerprint density at radius 3 is 2.44 bits per heavy atom. The SMILES string of the molecule is CCCCC/C=C\C/C=C\CCCCCCCCOC(=O)NCCc1c[nH]c2ccc(F)cc12. The average molecular weight is 471 g/mol. The van der Waals surface area contributed by atoms with Gasteiger partial charge in [0.2, 0.25) is 0 Å². The molecule has 0 fully saturated rings. The van der Waals surface area contributed by atoms with E-state index < -0.39 is 0 Å². The second-order valence-electron chi connectivity index (χ2n) is 8.90. The molecule has 188 valence electrons. The van der Waals surface area contributed by atoms with E-state index in [4.69, 9.17) is 4.74 Å². The van der Waals surface area contributed by atoms with Crippen LogP contribution >= 0.6 is 0 Å². The number of benzene rings is 1. The summed E-state index contributed by atoms with van der Waals surface area (Å²) in [5.74, 6) is -0.256. The van der Waals surface area contributed by atoms with Gasteiger partial charge in [0.25, 0.3) is 0 Å². The van der Waals surface area contributed by atoms with Gasteiger partial charge in [-0.15, -0.1) is 0 Å². The molecular formula is C29H43FN2O2. The second kappa shape index (κ2) is 17.9. The molecule has 0 aliphatic rings. The van der Waals surface area contributed by atoms with Crippen LogP contribution in [0.25, 0.3) is 10.9 Å². The Hall–Kier alpha value is -2.56. The summed E-state index contributed by atoms with van der Waals surface area (Å²) in [6.07, 6.45) is 25.6. The van der Waals surface area contributed by atoms with Crippen molar-refractivity contribution in [3.8, 4) is 0 Å². The summed E-state index contributed by atoms with van der Waals surface area (Å²) in [6.45, 7) is 3.16. The van der Waals surface area contributed by atoms with Crippen molar-refractivity contribution in [1.82, 2.24) is 10.3 Å². The standard InChI is InChI=1S/C29H43FN2O2/c1-2-3-4-5-6-7-8-9-10-11-12-13-14-15-16-17-22-34-29(33)31-21-20-25-24-32-28-19-18-26(30)23-27(25)28/h6-7,9-10,18-19,23-24,32H,2-5,8,11-17,20-22H2,1H3,(H,31,33)/b7-6-,10-9-. The van der Waals surface area contributed by atoms with E-state index in [1.54, 1.807) is 6.07 Å². The first-order valence-corrected chi connectivity index (χ1v) is 13.2. The first-order valence-electron chi connectivity index (χ1n) is 13.2. The second-order valence-corrected chi connectivity index (χ2v) is 8.90. The molecule has 1 aromatic carbocycles. The molecule has 34 heavy (non-hydrogen) atoms. The van der Waals surface area contributed by atoms with Gasteiger partial charge in [-0.1, -0.05) is 69.8 Å². The highest BCUT2D eigenvalue weighted by Crippen LogP contribution is 2.19. The maximum atomic E-state index is 13.4. The van der Waals surface area contributed by atoms with Gasteiger partial charge in [-0.2, -0.15) is 0 Å². The van der Waals surface area contributed by atoms with E-state index >= 15 is 0 Å². The summed E-state index contributed by atoms with van der Waals surface area (Å²) in [6, 6.07) is 4.68. The number of aromatic nitrogens is 1. The molecule has 1 aromatic heterocycles. The van der Waals surface area contributed by atoms with Crippen LogP contribution in [0.2, 0.25) is 0 Å². The summed E-state index contributed by atoms with van der Waals surface area (Å²) in [4.78, 5) is 15.0. The molecule has 0 aliphatic heterocycles. The predicted molar refractivity (Wildman–Crippen MR) is 141 cm³/mol. The third-order valence-corrected chi connectivity index (χ3v) is 5.97. The third-order valence-electron chi connectivity index (χ3n) is 5.97. The number of rotatable bonds is 18. The minimum Gasteiger partial charge on any atom is -0.450 e. The third kappa shape index (κ3) is 12.1. The van der Waals surface area contributed by atoms with Gasteiger partial charge >= 0.3 is 6.09 Å². The monoisotopic (exact) mass is 470 g/mol. The number of carbonyl (C=O) groups excluding carboxylic acids is 1. The number of alkyl carbamates (subject to hydrolysis) is 1. The number of hydrogen-bond donors (Lipinski definition) is 2. The normalized spacial score (nSPS) is 11.7. The van der Waals surface area contributed by atoms with Gasteiger partial charge in [0.1, 0.15) is 5.82 Å². The highest BCUT2D eigenvalue weighted by Gasteiger charge is 2.06. The lowest BCUT2D eigenvalue weighted by molar-refractivity contribution is 0.144. The number of hydrogen-bond acceptors (Lipinski definition) is 2. The van der Waals surface area contributed by atoms with Crippen LogP contribution in [0.4, 0.5) is 9.18 Å². The minimum absolute atomic E-state index is 0.256. The van der Waals surface area contributed by atoms with E-state index in [0.717, 1.165) is 35.7 Å². The fourth-order valence-electron chi connectivity index (χ4n) is 3.96. The number of unbranched alkanes of at least 4 members (excludes halogenated alkanes) is 9. The van der Waals surface area contributed by atoms with Crippen LogP contribution in [0.1, 0.15) is 89.5 Å². The smallest absolute Gasteiger partial charge is 0.407 e. The van der Waals surface area contributed by atoms with Crippen molar-refractivity contribution in [2.24, 2.45) is 0 Å². The first-order chi connectivity index (χ1) is 16.7. The number of fused-ring (bicyclic) bond motifs is 1. The Kier molecular flexibility index (Phi) is 14.5. The molecule has 0 saturated heterocycles. The molecule has 0 saturated carbocycles. The van der Waals surface area contributed by atoms with Gasteiger partial charge in [-0.3, -0.25) is 0 Å². The number of aromatic amines is 1. The molecule has 0 unspecified atom stereocenters. The van der Waals surface area contributed by atoms with Crippen molar-refractivity contribution in [2.75, 3.05) is 13.2 Å². The molecule has 2 aromatic rings. The van der Waals surface area contributed by atoms with Crippen LogP contribution in [-0.4, -0.2) is 24.2 Å². The molecule has 0 spiro atoms. The summed E-state index contributed by atoms with van der Waals surface area (Å²) in [7, 11) is 0. The van der Waals surface area contributed by atoms with E-state index in [0.29, 0.717) is 19.6 Å². The van der Waals surface area contributed by atoms with Crippen LogP contribution in [0.5, 0.6) is 0 Å². The molecule has 1 amide bonds. The fraction of sp³-hybridized carbons (Fsp3) is 0.552. The lowest BCUT2D eigenvalue weighted by Gasteiger charge is -2.07. The number of H-pyrrole nitrogens is 1. The molecule has 2 rings (SSSR count). The summed E-state index contributed by atoms with van der Waals surface area (Å²) in [5.41, 5.74) is 1.89. The van der Waals surface area contributed by atoms with Crippen LogP contribution < -0.4 is 5.32 Å². The van der Waals surface area contributed by atoms with E-state index in [2.05, 4.69) is 41.5 Å².